The predicted octanol–water partition coefficient (Wildman–Crippen LogP) is 3.66. The number of anilines is 1. The third kappa shape index (κ3) is 4.19. The van der Waals surface area contributed by atoms with Gasteiger partial charge in [0.25, 0.3) is 0 Å². The SMILES string of the molecule is CCC1CCCN(c2cc(CNC3CC3)cc(C)n2)CC1. The van der Waals surface area contributed by atoms with E-state index in [1.807, 2.05) is 0 Å². The van der Waals surface area contributed by atoms with Crippen molar-refractivity contribution < 1.29 is 0 Å². The van der Waals surface area contributed by atoms with Crippen LogP contribution in [0.4, 0.5) is 5.82 Å². The normalized spacial score (nSPS) is 23.1. The summed E-state index contributed by atoms with van der Waals surface area (Å²) in [6, 6.07) is 5.30. The topological polar surface area (TPSA) is 28.2 Å². The van der Waals surface area contributed by atoms with Crippen LogP contribution < -0.4 is 10.2 Å². The second-order valence-electron chi connectivity index (χ2n) is 6.82. The second kappa shape index (κ2) is 6.78. The Kier molecular flexibility index (Phi) is 4.79. The molecule has 21 heavy (non-hydrogen) atoms. The molecule has 1 saturated carbocycles. The van der Waals surface area contributed by atoms with Crippen LogP contribution >= 0.6 is 0 Å². The molecular weight excluding hydrogens is 258 g/mol. The van der Waals surface area contributed by atoms with Crippen molar-refractivity contribution in [2.24, 2.45) is 5.92 Å². The van der Waals surface area contributed by atoms with Gasteiger partial charge in [-0.3, -0.25) is 0 Å². The monoisotopic (exact) mass is 287 g/mol. The largest absolute Gasteiger partial charge is 0.357 e. The first kappa shape index (κ1) is 14.8. The number of aromatic nitrogens is 1. The molecule has 1 N–H and O–H groups in total. The van der Waals surface area contributed by atoms with E-state index in [1.54, 1.807) is 0 Å². The molecule has 0 bridgehead atoms. The molecule has 1 atom stereocenters. The standard InChI is InChI=1S/C18H29N3/c1-3-15-5-4-9-21(10-8-15)18-12-16(11-14(2)20-18)13-19-17-6-7-17/h11-12,15,17,19H,3-10,13H2,1-2H3. The van der Waals surface area contributed by atoms with Gasteiger partial charge in [0.15, 0.2) is 0 Å². The van der Waals surface area contributed by atoms with Crippen LogP contribution in [0.3, 0.4) is 0 Å². The van der Waals surface area contributed by atoms with Gasteiger partial charge < -0.3 is 10.2 Å². The molecule has 3 rings (SSSR count). The van der Waals surface area contributed by atoms with Gasteiger partial charge in [-0.25, -0.2) is 4.98 Å². The van der Waals surface area contributed by atoms with Gasteiger partial charge >= 0.3 is 0 Å². The average molecular weight is 287 g/mol. The molecule has 2 heterocycles. The Morgan fingerprint density at radius 3 is 2.81 bits per heavy atom. The highest BCUT2D eigenvalue weighted by molar-refractivity contribution is 5.43. The van der Waals surface area contributed by atoms with E-state index in [0.29, 0.717) is 0 Å². The predicted molar refractivity (Wildman–Crippen MR) is 88.7 cm³/mol. The summed E-state index contributed by atoms with van der Waals surface area (Å²) in [5.41, 5.74) is 2.54. The van der Waals surface area contributed by atoms with E-state index < -0.39 is 0 Å². The van der Waals surface area contributed by atoms with Gasteiger partial charge in [0.05, 0.1) is 0 Å². The van der Waals surface area contributed by atoms with E-state index in [-0.39, 0.29) is 0 Å². The number of nitrogens with zero attached hydrogens (tertiary/aromatic N) is 2. The molecule has 0 amide bonds. The van der Waals surface area contributed by atoms with Crippen molar-refractivity contribution in [1.29, 1.82) is 0 Å². The van der Waals surface area contributed by atoms with Crippen LogP contribution in [-0.2, 0) is 6.54 Å². The van der Waals surface area contributed by atoms with Gasteiger partial charge in [-0.1, -0.05) is 13.3 Å². The number of aryl methyl sites for hydroxylation is 1. The van der Waals surface area contributed by atoms with Gasteiger partial charge in [-0.15, -0.1) is 0 Å². The fourth-order valence-electron chi connectivity index (χ4n) is 3.34. The van der Waals surface area contributed by atoms with Gasteiger partial charge in [0.1, 0.15) is 5.82 Å². The maximum absolute atomic E-state index is 4.79. The summed E-state index contributed by atoms with van der Waals surface area (Å²) in [4.78, 5) is 7.29. The van der Waals surface area contributed by atoms with Crippen LogP contribution in [0, 0.1) is 12.8 Å². The summed E-state index contributed by atoms with van der Waals surface area (Å²) in [5.74, 6) is 2.11. The summed E-state index contributed by atoms with van der Waals surface area (Å²) in [5, 5.41) is 3.61. The molecule has 0 aromatic carbocycles. The summed E-state index contributed by atoms with van der Waals surface area (Å²) >= 11 is 0. The fraction of sp³-hybridized carbons (Fsp3) is 0.722. The maximum Gasteiger partial charge on any atom is 0.129 e. The molecule has 1 unspecified atom stereocenters. The third-order valence-corrected chi connectivity index (χ3v) is 4.92. The molecule has 1 aliphatic carbocycles. The van der Waals surface area contributed by atoms with Crippen molar-refractivity contribution in [3.63, 3.8) is 0 Å². The Balaban J connectivity index is 1.67. The minimum atomic E-state index is 0.769. The van der Waals surface area contributed by atoms with Gasteiger partial charge in [-0.2, -0.15) is 0 Å². The van der Waals surface area contributed by atoms with E-state index >= 15 is 0 Å². The number of nitrogens with one attached hydrogen (secondary N) is 1. The van der Waals surface area contributed by atoms with Gasteiger partial charge in [-0.05, 0) is 62.6 Å². The number of rotatable bonds is 5. The zero-order valence-electron chi connectivity index (χ0n) is 13.6. The summed E-state index contributed by atoms with van der Waals surface area (Å²) in [7, 11) is 0. The molecule has 0 radical (unpaired) electrons. The second-order valence-corrected chi connectivity index (χ2v) is 6.82. The molecule has 116 valence electrons. The molecule has 0 spiro atoms. The van der Waals surface area contributed by atoms with E-state index in [4.69, 9.17) is 4.98 Å². The van der Waals surface area contributed by atoms with Crippen molar-refractivity contribution in [2.45, 2.75) is 65.0 Å². The van der Waals surface area contributed by atoms with Gasteiger partial charge in [0, 0.05) is 31.4 Å². The number of pyridine rings is 1. The Hall–Kier alpha value is -1.09. The first-order valence-corrected chi connectivity index (χ1v) is 8.70. The molecule has 3 heteroatoms. The van der Waals surface area contributed by atoms with Crippen molar-refractivity contribution in [1.82, 2.24) is 10.3 Å². The highest BCUT2D eigenvalue weighted by atomic mass is 15.2. The van der Waals surface area contributed by atoms with Crippen molar-refractivity contribution >= 4 is 5.82 Å². The van der Waals surface area contributed by atoms with Gasteiger partial charge in [0.2, 0.25) is 0 Å². The van der Waals surface area contributed by atoms with Crippen LogP contribution in [0.25, 0.3) is 0 Å². The van der Waals surface area contributed by atoms with Crippen molar-refractivity contribution in [3.8, 4) is 0 Å². The molecule has 3 nitrogen and oxygen atoms in total. The lowest BCUT2D eigenvalue weighted by atomic mass is 9.98. The summed E-state index contributed by atoms with van der Waals surface area (Å²) < 4.78 is 0. The van der Waals surface area contributed by atoms with Crippen molar-refractivity contribution in [3.05, 3.63) is 23.4 Å². The van der Waals surface area contributed by atoms with Crippen LogP contribution in [0.5, 0.6) is 0 Å². The number of hydrogen-bond acceptors (Lipinski definition) is 3. The maximum atomic E-state index is 4.79. The molecule has 1 aromatic rings. The summed E-state index contributed by atoms with van der Waals surface area (Å²) in [6.45, 7) is 7.78. The van der Waals surface area contributed by atoms with E-state index in [9.17, 15) is 0 Å². The van der Waals surface area contributed by atoms with Crippen LogP contribution in [0.1, 0.15) is 56.7 Å². The zero-order valence-corrected chi connectivity index (χ0v) is 13.6. The Morgan fingerprint density at radius 2 is 2.05 bits per heavy atom. The first-order valence-electron chi connectivity index (χ1n) is 8.70. The van der Waals surface area contributed by atoms with Crippen molar-refractivity contribution in [2.75, 3.05) is 18.0 Å². The van der Waals surface area contributed by atoms with E-state index in [1.165, 1.54) is 63.0 Å². The molecule has 1 aliphatic heterocycles. The molecule has 2 fully saturated rings. The molecule has 1 saturated heterocycles. The minimum absolute atomic E-state index is 0.769. The lowest BCUT2D eigenvalue weighted by molar-refractivity contribution is 0.459. The average Bonchev–Trinajstić information content (AvgIpc) is 3.31. The fourth-order valence-corrected chi connectivity index (χ4v) is 3.34. The quantitative estimate of drug-likeness (QED) is 0.896. The molecule has 2 aliphatic rings. The Morgan fingerprint density at radius 1 is 1.19 bits per heavy atom. The zero-order chi connectivity index (χ0) is 14.7. The third-order valence-electron chi connectivity index (χ3n) is 4.92. The highest BCUT2D eigenvalue weighted by Crippen LogP contribution is 2.25. The lowest BCUT2D eigenvalue weighted by Gasteiger charge is -2.23. The Labute approximate surface area is 129 Å². The van der Waals surface area contributed by atoms with Crippen LogP contribution in [-0.4, -0.2) is 24.1 Å². The smallest absolute Gasteiger partial charge is 0.129 e. The van der Waals surface area contributed by atoms with E-state index in [2.05, 4.69) is 36.2 Å². The molecular formula is C18H29N3. The van der Waals surface area contributed by atoms with Crippen LogP contribution in [0.2, 0.25) is 0 Å². The lowest BCUT2D eigenvalue weighted by Crippen LogP contribution is -2.26. The summed E-state index contributed by atoms with van der Waals surface area (Å²) in [6.07, 6.45) is 8.04. The first-order chi connectivity index (χ1) is 10.2. The van der Waals surface area contributed by atoms with E-state index in [0.717, 1.165) is 24.2 Å². The molecule has 1 aromatic heterocycles. The highest BCUT2D eigenvalue weighted by Gasteiger charge is 2.21. The van der Waals surface area contributed by atoms with Crippen LogP contribution in [0.15, 0.2) is 12.1 Å². The Bertz CT molecular complexity index is 468. The minimum Gasteiger partial charge on any atom is -0.357 e. The number of hydrogen-bond donors (Lipinski definition) is 1.